The van der Waals surface area contributed by atoms with Gasteiger partial charge in [0.1, 0.15) is 29.0 Å². The van der Waals surface area contributed by atoms with Gasteiger partial charge in [0, 0.05) is 24.1 Å². The summed E-state index contributed by atoms with van der Waals surface area (Å²) >= 11 is 0. The van der Waals surface area contributed by atoms with E-state index in [0.717, 1.165) is 29.5 Å². The standard InChI is InChI=1S/C40H47F2N7O7S/c1-39(2,3)33-36(51)48-23-27(21-30(48)35(50)44-40(22-29(40)34(41)42)37(52)47-57(54,55)28-17-18-28)49-45-31(25-14-8-6-9-15-25)32(46-49)26-16-11-13-24(20-26)12-7-4-5-10-19-56-38(53)43-33/h6-9,11-16,20,27-30,33-34H,4-5,10,17-19,21-23H2,1-3H3,(H,43,53)(H,44,50)(H,47,52)/t27-,29+,30+,33-,40-/m1/s1. The second-order valence-corrected chi connectivity index (χ2v) is 18.3. The Labute approximate surface area is 329 Å². The van der Waals surface area contributed by atoms with Crippen LogP contribution in [0.2, 0.25) is 0 Å². The molecule has 3 fully saturated rings. The second kappa shape index (κ2) is 15.6. The molecule has 0 spiro atoms. The van der Waals surface area contributed by atoms with E-state index in [1.54, 1.807) is 20.8 Å². The van der Waals surface area contributed by atoms with Crippen molar-refractivity contribution in [2.75, 3.05) is 13.2 Å². The largest absolute Gasteiger partial charge is 0.450 e. The molecule has 1 aromatic heterocycles. The van der Waals surface area contributed by atoms with Crippen LogP contribution in [0, 0.1) is 11.3 Å². The number of benzene rings is 2. The van der Waals surface area contributed by atoms with Gasteiger partial charge in [0.15, 0.2) is 0 Å². The van der Waals surface area contributed by atoms with Crippen LogP contribution in [0.5, 0.6) is 0 Å². The fourth-order valence-electron chi connectivity index (χ4n) is 7.49. The molecule has 3 aromatic rings. The number of ether oxygens (including phenoxy) is 1. The van der Waals surface area contributed by atoms with Crippen LogP contribution in [-0.2, 0) is 29.1 Å². The zero-order valence-electron chi connectivity index (χ0n) is 32.0. The van der Waals surface area contributed by atoms with Crippen LogP contribution in [0.25, 0.3) is 28.6 Å². The lowest BCUT2D eigenvalue weighted by Crippen LogP contribution is -2.60. The van der Waals surface area contributed by atoms with E-state index in [2.05, 4.69) is 10.6 Å². The highest BCUT2D eigenvalue weighted by Gasteiger charge is 2.67. The smallest absolute Gasteiger partial charge is 0.407 e. The predicted molar refractivity (Wildman–Crippen MR) is 206 cm³/mol. The summed E-state index contributed by atoms with van der Waals surface area (Å²) in [6, 6.07) is 13.9. The average Bonchev–Trinajstić information content (AvgIpc) is 4.06. The van der Waals surface area contributed by atoms with Gasteiger partial charge in [0.25, 0.3) is 5.91 Å². The van der Waals surface area contributed by atoms with Crippen molar-refractivity contribution in [1.82, 2.24) is 35.2 Å². The minimum Gasteiger partial charge on any atom is -0.450 e. The third-order valence-electron chi connectivity index (χ3n) is 11.0. The molecule has 0 radical (unpaired) electrons. The fourth-order valence-corrected chi connectivity index (χ4v) is 8.86. The van der Waals surface area contributed by atoms with Gasteiger partial charge < -0.3 is 20.3 Å². The molecule has 0 unspecified atom stereocenters. The van der Waals surface area contributed by atoms with E-state index in [-0.39, 0.29) is 19.6 Å². The maximum Gasteiger partial charge on any atom is 0.407 e. The fraction of sp³-hybridized carbons (Fsp3) is 0.500. The van der Waals surface area contributed by atoms with Gasteiger partial charge in [-0.05, 0) is 55.6 Å². The first-order valence-electron chi connectivity index (χ1n) is 19.3. The number of hydrogen-bond donors (Lipinski definition) is 3. The highest BCUT2D eigenvalue weighted by Crippen LogP contribution is 2.49. The summed E-state index contributed by atoms with van der Waals surface area (Å²) in [5.41, 5.74) is 0.478. The Bertz CT molecular complexity index is 2170. The van der Waals surface area contributed by atoms with Gasteiger partial charge in [-0.15, -0.1) is 0 Å². The second-order valence-electron chi connectivity index (χ2n) is 16.4. The van der Waals surface area contributed by atoms with Crippen molar-refractivity contribution in [3.05, 3.63) is 66.2 Å². The lowest BCUT2D eigenvalue weighted by molar-refractivity contribution is -0.143. The van der Waals surface area contributed by atoms with E-state index in [1.165, 1.54) is 9.70 Å². The number of nitrogens with one attached hydrogen (secondary N) is 3. The van der Waals surface area contributed by atoms with Gasteiger partial charge in [0.05, 0.1) is 23.8 Å². The molecule has 304 valence electrons. The SMILES string of the molecule is CC(C)(C)[C@@H]1NC(=O)OCCCCC=Cc2cccc(c2)-c2nn(nc2-c2ccccc2)[C@@H]2C[C@@H](C(=O)N[C@]3(C(=O)NS(=O)(=O)C4CC4)C[C@H]3C(F)F)N(C2)C1=O. The van der Waals surface area contributed by atoms with Gasteiger partial charge in [-0.2, -0.15) is 15.0 Å². The molecule has 6 bridgehead atoms. The number of fused-ring (bicyclic) bond motifs is 8. The van der Waals surface area contributed by atoms with E-state index in [0.29, 0.717) is 30.7 Å². The van der Waals surface area contributed by atoms with Crippen molar-refractivity contribution < 1.29 is 41.1 Å². The molecule has 57 heavy (non-hydrogen) atoms. The van der Waals surface area contributed by atoms with Crippen LogP contribution in [0.3, 0.4) is 0 Å². The molecule has 2 aliphatic carbocycles. The number of halogens is 2. The molecule has 2 aromatic carbocycles. The first-order chi connectivity index (χ1) is 27.1. The van der Waals surface area contributed by atoms with E-state index < -0.39 is 86.9 Å². The van der Waals surface area contributed by atoms with Crippen LogP contribution < -0.4 is 15.4 Å². The maximum atomic E-state index is 14.7. The zero-order valence-corrected chi connectivity index (χ0v) is 32.8. The van der Waals surface area contributed by atoms with E-state index in [1.807, 2.05) is 71.5 Å². The Balaban J connectivity index is 1.28. The van der Waals surface area contributed by atoms with Gasteiger partial charge in [-0.1, -0.05) is 81.5 Å². The number of allylic oxidation sites excluding steroid dienone is 1. The number of aromatic nitrogens is 3. The van der Waals surface area contributed by atoms with Crippen molar-refractivity contribution in [2.45, 2.75) is 101 Å². The first-order valence-corrected chi connectivity index (χ1v) is 20.8. The molecule has 7 rings (SSSR count). The Hall–Kier alpha value is -5.19. The number of carbonyl (C=O) groups is 4. The number of rotatable bonds is 7. The molecule has 2 saturated carbocycles. The normalized spacial score (nSPS) is 25.7. The summed E-state index contributed by atoms with van der Waals surface area (Å²) < 4.78 is 61.2. The number of alkyl halides is 2. The summed E-state index contributed by atoms with van der Waals surface area (Å²) in [5, 5.41) is 14.2. The predicted octanol–water partition coefficient (Wildman–Crippen LogP) is 4.84. The summed E-state index contributed by atoms with van der Waals surface area (Å²) in [6.45, 7) is 5.20. The molecule has 5 atom stereocenters. The van der Waals surface area contributed by atoms with Crippen molar-refractivity contribution in [1.29, 1.82) is 0 Å². The third kappa shape index (κ3) is 8.58. The zero-order chi connectivity index (χ0) is 40.7. The van der Waals surface area contributed by atoms with Crippen molar-refractivity contribution >= 4 is 39.9 Å². The lowest BCUT2D eigenvalue weighted by Gasteiger charge is -2.35. The summed E-state index contributed by atoms with van der Waals surface area (Å²) in [6.07, 6.45) is 2.30. The number of nitrogens with zero attached hydrogens (tertiary/aromatic N) is 4. The third-order valence-corrected chi connectivity index (χ3v) is 12.8. The van der Waals surface area contributed by atoms with Crippen LogP contribution in [0.15, 0.2) is 60.7 Å². The number of hydrogen-bond acceptors (Lipinski definition) is 9. The topological polar surface area (TPSA) is 182 Å². The number of amides is 4. The quantitative estimate of drug-likeness (QED) is 0.301. The molecule has 2 aliphatic heterocycles. The van der Waals surface area contributed by atoms with Gasteiger partial charge in [0.2, 0.25) is 28.3 Å². The maximum absolute atomic E-state index is 14.7. The molecule has 17 heteroatoms. The Morgan fingerprint density at radius 2 is 1.70 bits per heavy atom. The Morgan fingerprint density at radius 3 is 2.37 bits per heavy atom. The van der Waals surface area contributed by atoms with Crippen molar-refractivity contribution in [3.63, 3.8) is 0 Å². The number of carbonyl (C=O) groups excluding carboxylic acids is 4. The molecule has 3 heterocycles. The molecule has 14 nitrogen and oxygen atoms in total. The van der Waals surface area contributed by atoms with Gasteiger partial charge >= 0.3 is 6.09 Å². The Morgan fingerprint density at radius 1 is 1.00 bits per heavy atom. The minimum absolute atomic E-state index is 0.0958. The van der Waals surface area contributed by atoms with Crippen LogP contribution in [0.4, 0.5) is 13.6 Å². The van der Waals surface area contributed by atoms with E-state index >= 15 is 0 Å². The summed E-state index contributed by atoms with van der Waals surface area (Å²) in [7, 11) is -4.13. The van der Waals surface area contributed by atoms with Gasteiger partial charge in [-0.25, -0.2) is 22.0 Å². The minimum atomic E-state index is -4.13. The van der Waals surface area contributed by atoms with Crippen molar-refractivity contribution in [2.24, 2.45) is 11.3 Å². The van der Waals surface area contributed by atoms with Crippen LogP contribution >= 0.6 is 0 Å². The highest BCUT2D eigenvalue weighted by molar-refractivity contribution is 7.91. The molecular formula is C40H47F2N7O7S. The molecule has 4 amide bonds. The van der Waals surface area contributed by atoms with Crippen LogP contribution in [-0.4, -0.2) is 94.6 Å². The first kappa shape index (κ1) is 40.0. The molecular weight excluding hydrogens is 761 g/mol. The number of sulfonamides is 1. The average molecular weight is 808 g/mol. The van der Waals surface area contributed by atoms with E-state index in [9.17, 15) is 36.4 Å². The lowest BCUT2D eigenvalue weighted by atomic mass is 9.85. The number of alkyl carbamates (subject to hydrolysis) is 1. The monoisotopic (exact) mass is 807 g/mol. The van der Waals surface area contributed by atoms with Crippen LogP contribution in [0.1, 0.15) is 77.3 Å². The molecule has 3 N–H and O–H groups in total. The highest BCUT2D eigenvalue weighted by atomic mass is 32.2. The summed E-state index contributed by atoms with van der Waals surface area (Å²) in [5.74, 6) is -4.48. The summed E-state index contributed by atoms with van der Waals surface area (Å²) in [4.78, 5) is 58.3. The van der Waals surface area contributed by atoms with Gasteiger partial charge in [-0.3, -0.25) is 19.1 Å². The Kier molecular flexibility index (Phi) is 11.0. The molecule has 4 aliphatic rings. The molecule has 1 saturated heterocycles. The van der Waals surface area contributed by atoms with Crippen molar-refractivity contribution in [3.8, 4) is 22.5 Å². The van der Waals surface area contributed by atoms with E-state index in [4.69, 9.17) is 14.9 Å². The number of cyclic esters (lactones) is 1.